The summed E-state index contributed by atoms with van der Waals surface area (Å²) in [5, 5.41) is 11.5. The molecule has 1 heterocycles. The maximum absolute atomic E-state index is 13.4. The van der Waals surface area contributed by atoms with Crippen LogP contribution in [0.2, 0.25) is 0 Å². The van der Waals surface area contributed by atoms with Crippen molar-refractivity contribution < 1.29 is 8.81 Å². The lowest BCUT2D eigenvalue weighted by Gasteiger charge is -2.05. The number of anilines is 1. The van der Waals surface area contributed by atoms with E-state index in [1.54, 1.807) is 30.7 Å². The molecule has 2 aromatic rings. The fourth-order valence-electron chi connectivity index (χ4n) is 1.32. The van der Waals surface area contributed by atoms with Gasteiger partial charge in [-0.2, -0.15) is 5.26 Å². The van der Waals surface area contributed by atoms with Gasteiger partial charge in [0, 0.05) is 12.1 Å². The summed E-state index contributed by atoms with van der Waals surface area (Å²) in [6.07, 6.45) is 3.15. The SMILES string of the molecule is N#Cc1ccc(NCc2ccoc2)c(F)c1. The first-order valence-corrected chi connectivity index (χ1v) is 4.74. The van der Waals surface area contributed by atoms with Crippen molar-refractivity contribution in [2.45, 2.75) is 6.54 Å². The Balaban J connectivity index is 2.08. The molecule has 0 saturated carbocycles. The second-order valence-corrected chi connectivity index (χ2v) is 3.29. The summed E-state index contributed by atoms with van der Waals surface area (Å²) < 4.78 is 18.3. The highest BCUT2D eigenvalue weighted by Gasteiger charge is 2.03. The maximum Gasteiger partial charge on any atom is 0.147 e. The Morgan fingerprint density at radius 2 is 2.25 bits per heavy atom. The molecule has 0 amide bonds. The van der Waals surface area contributed by atoms with Gasteiger partial charge in [-0.25, -0.2) is 4.39 Å². The van der Waals surface area contributed by atoms with Gasteiger partial charge in [-0.15, -0.1) is 0 Å². The largest absolute Gasteiger partial charge is 0.472 e. The van der Waals surface area contributed by atoms with Crippen LogP contribution >= 0.6 is 0 Å². The van der Waals surface area contributed by atoms with Crippen molar-refractivity contribution in [1.29, 1.82) is 5.26 Å². The summed E-state index contributed by atoms with van der Waals surface area (Å²) in [4.78, 5) is 0. The molecule has 80 valence electrons. The first kappa shape index (κ1) is 10.2. The van der Waals surface area contributed by atoms with E-state index < -0.39 is 5.82 Å². The Morgan fingerprint density at radius 1 is 1.38 bits per heavy atom. The van der Waals surface area contributed by atoms with Gasteiger partial charge in [-0.1, -0.05) is 0 Å². The number of halogens is 1. The van der Waals surface area contributed by atoms with Crippen molar-refractivity contribution in [3.05, 3.63) is 53.7 Å². The fraction of sp³-hybridized carbons (Fsp3) is 0.0833. The minimum atomic E-state index is -0.428. The Bertz CT molecular complexity index is 514. The van der Waals surface area contributed by atoms with Gasteiger partial charge in [0.15, 0.2) is 0 Å². The smallest absolute Gasteiger partial charge is 0.147 e. The summed E-state index contributed by atoms with van der Waals surface area (Å²) in [5.41, 5.74) is 1.62. The lowest BCUT2D eigenvalue weighted by Crippen LogP contribution is -2.00. The molecule has 0 saturated heterocycles. The van der Waals surface area contributed by atoms with Gasteiger partial charge in [-0.05, 0) is 24.3 Å². The summed E-state index contributed by atoms with van der Waals surface area (Å²) in [7, 11) is 0. The van der Waals surface area contributed by atoms with Crippen LogP contribution in [0.3, 0.4) is 0 Å². The molecule has 0 radical (unpaired) electrons. The van der Waals surface area contributed by atoms with Gasteiger partial charge in [0.1, 0.15) is 5.82 Å². The second-order valence-electron chi connectivity index (χ2n) is 3.29. The van der Waals surface area contributed by atoms with Crippen molar-refractivity contribution in [3.8, 4) is 6.07 Å². The molecule has 0 aliphatic carbocycles. The van der Waals surface area contributed by atoms with Gasteiger partial charge in [0.25, 0.3) is 0 Å². The molecule has 0 spiro atoms. The zero-order valence-electron chi connectivity index (χ0n) is 8.40. The van der Waals surface area contributed by atoms with Gasteiger partial charge < -0.3 is 9.73 Å². The molecule has 0 bridgehead atoms. The van der Waals surface area contributed by atoms with Gasteiger partial charge in [0.05, 0.1) is 29.8 Å². The zero-order valence-corrected chi connectivity index (χ0v) is 8.40. The number of furan rings is 1. The van der Waals surface area contributed by atoms with E-state index in [9.17, 15) is 4.39 Å². The average Bonchev–Trinajstić information content (AvgIpc) is 2.80. The third kappa shape index (κ3) is 2.20. The highest BCUT2D eigenvalue weighted by atomic mass is 19.1. The summed E-state index contributed by atoms with van der Waals surface area (Å²) >= 11 is 0. The van der Waals surface area contributed by atoms with Gasteiger partial charge in [0.2, 0.25) is 0 Å². The number of nitriles is 1. The number of hydrogen-bond donors (Lipinski definition) is 1. The van der Waals surface area contributed by atoms with Crippen LogP contribution in [0.1, 0.15) is 11.1 Å². The summed E-state index contributed by atoms with van der Waals surface area (Å²) in [5.74, 6) is -0.428. The molecule has 0 aliphatic heterocycles. The van der Waals surface area contributed by atoms with Gasteiger partial charge >= 0.3 is 0 Å². The molecular weight excluding hydrogens is 207 g/mol. The van der Waals surface area contributed by atoms with Crippen LogP contribution in [0.15, 0.2) is 41.2 Å². The molecule has 0 aliphatic rings. The number of nitrogens with zero attached hydrogens (tertiary/aromatic N) is 1. The van der Waals surface area contributed by atoms with Crippen molar-refractivity contribution in [2.75, 3.05) is 5.32 Å². The molecule has 1 aromatic heterocycles. The highest BCUT2D eigenvalue weighted by Crippen LogP contribution is 2.16. The summed E-state index contributed by atoms with van der Waals surface area (Å²) in [6, 6.07) is 8.01. The summed E-state index contributed by atoms with van der Waals surface area (Å²) in [6.45, 7) is 0.485. The molecular formula is C12H9FN2O. The lowest BCUT2D eigenvalue weighted by atomic mass is 10.2. The third-order valence-corrected chi connectivity index (χ3v) is 2.16. The maximum atomic E-state index is 13.4. The van der Waals surface area contributed by atoms with Crippen molar-refractivity contribution in [3.63, 3.8) is 0 Å². The fourth-order valence-corrected chi connectivity index (χ4v) is 1.32. The topological polar surface area (TPSA) is 49.0 Å². The monoisotopic (exact) mass is 216 g/mol. The molecule has 16 heavy (non-hydrogen) atoms. The third-order valence-electron chi connectivity index (χ3n) is 2.16. The van der Waals surface area contributed by atoms with Crippen LogP contribution in [-0.2, 0) is 6.54 Å². The Hall–Kier alpha value is -2.28. The van der Waals surface area contributed by atoms with Crippen molar-refractivity contribution in [1.82, 2.24) is 0 Å². The van der Waals surface area contributed by atoms with Crippen LogP contribution in [-0.4, -0.2) is 0 Å². The minimum absolute atomic E-state index is 0.311. The molecule has 0 unspecified atom stereocenters. The molecule has 3 nitrogen and oxygen atoms in total. The lowest BCUT2D eigenvalue weighted by molar-refractivity contribution is 0.564. The molecule has 1 N–H and O–H groups in total. The van der Waals surface area contributed by atoms with E-state index in [0.717, 1.165) is 5.56 Å². The van der Waals surface area contributed by atoms with E-state index >= 15 is 0 Å². The molecule has 1 aromatic carbocycles. The quantitative estimate of drug-likeness (QED) is 0.858. The normalized spacial score (nSPS) is 9.75. The van der Waals surface area contributed by atoms with Crippen molar-refractivity contribution in [2.24, 2.45) is 0 Å². The number of benzene rings is 1. The Kier molecular flexibility index (Phi) is 2.88. The molecule has 4 heteroatoms. The van der Waals surface area contributed by atoms with Crippen LogP contribution in [0.4, 0.5) is 10.1 Å². The van der Waals surface area contributed by atoms with E-state index in [2.05, 4.69) is 5.32 Å². The number of hydrogen-bond acceptors (Lipinski definition) is 3. The Labute approximate surface area is 92.1 Å². The van der Waals surface area contributed by atoms with Crippen LogP contribution in [0.5, 0.6) is 0 Å². The van der Waals surface area contributed by atoms with E-state index in [0.29, 0.717) is 17.8 Å². The van der Waals surface area contributed by atoms with Crippen LogP contribution in [0, 0.1) is 17.1 Å². The van der Waals surface area contributed by atoms with E-state index in [4.69, 9.17) is 9.68 Å². The first-order valence-electron chi connectivity index (χ1n) is 4.74. The average molecular weight is 216 g/mol. The Morgan fingerprint density at radius 3 is 2.88 bits per heavy atom. The predicted octanol–water partition coefficient (Wildman–Crippen LogP) is 2.90. The van der Waals surface area contributed by atoms with Crippen LogP contribution < -0.4 is 5.32 Å². The standard InChI is InChI=1S/C12H9FN2O/c13-11-5-9(6-14)1-2-12(11)15-7-10-3-4-16-8-10/h1-5,8,15H,7H2. The predicted molar refractivity (Wildman–Crippen MR) is 57.1 cm³/mol. The number of nitrogens with one attached hydrogen (secondary N) is 1. The van der Waals surface area contributed by atoms with E-state index in [1.165, 1.54) is 6.07 Å². The van der Waals surface area contributed by atoms with Gasteiger partial charge in [-0.3, -0.25) is 0 Å². The van der Waals surface area contributed by atoms with E-state index in [-0.39, 0.29) is 0 Å². The van der Waals surface area contributed by atoms with E-state index in [1.807, 2.05) is 6.07 Å². The van der Waals surface area contributed by atoms with Crippen LogP contribution in [0.25, 0.3) is 0 Å². The first-order chi connectivity index (χ1) is 7.79. The minimum Gasteiger partial charge on any atom is -0.472 e. The molecule has 2 rings (SSSR count). The zero-order chi connectivity index (χ0) is 11.4. The highest BCUT2D eigenvalue weighted by molar-refractivity contribution is 5.49. The molecule has 0 fully saturated rings. The number of rotatable bonds is 3. The molecule has 0 atom stereocenters. The second kappa shape index (κ2) is 4.49. The van der Waals surface area contributed by atoms with Crippen molar-refractivity contribution >= 4 is 5.69 Å².